The van der Waals surface area contributed by atoms with Gasteiger partial charge in [0.1, 0.15) is 0 Å². The summed E-state index contributed by atoms with van der Waals surface area (Å²) in [6.45, 7) is 9.58. The zero-order chi connectivity index (χ0) is 14.6. The summed E-state index contributed by atoms with van der Waals surface area (Å²) in [5.74, 6) is 0. The van der Waals surface area contributed by atoms with Crippen LogP contribution in [0.15, 0.2) is 0 Å². The zero-order valence-electron chi connectivity index (χ0n) is 13.8. The Kier molecular flexibility index (Phi) is 5.49. The summed E-state index contributed by atoms with van der Waals surface area (Å²) in [5, 5.41) is 3.85. The highest BCUT2D eigenvalue weighted by molar-refractivity contribution is 5.10. The molecule has 2 atom stereocenters. The molecule has 3 nitrogen and oxygen atoms in total. The number of nitrogens with one attached hydrogen (secondary N) is 1. The fourth-order valence-electron chi connectivity index (χ4n) is 4.04. The summed E-state index contributed by atoms with van der Waals surface area (Å²) in [6, 6.07) is 0.670. The SMILES string of the molecule is CCOC1CC(NCC(C)(C)CCOC)C12CCCC2. The lowest BCUT2D eigenvalue weighted by Crippen LogP contribution is -2.63. The van der Waals surface area contributed by atoms with Gasteiger partial charge in [-0.3, -0.25) is 0 Å². The minimum absolute atomic E-state index is 0.312. The molecule has 1 spiro atoms. The molecule has 0 bridgehead atoms. The first-order valence-corrected chi connectivity index (χ1v) is 8.38. The van der Waals surface area contributed by atoms with Crippen LogP contribution in [0.5, 0.6) is 0 Å². The van der Waals surface area contributed by atoms with Crippen LogP contribution < -0.4 is 5.32 Å². The molecule has 0 aromatic rings. The molecule has 2 saturated carbocycles. The smallest absolute Gasteiger partial charge is 0.0661 e. The summed E-state index contributed by atoms with van der Waals surface area (Å²) in [5.41, 5.74) is 0.764. The van der Waals surface area contributed by atoms with E-state index in [4.69, 9.17) is 9.47 Å². The Bertz CT molecular complexity index is 297. The summed E-state index contributed by atoms with van der Waals surface area (Å²) in [6.07, 6.45) is 8.31. The molecule has 0 radical (unpaired) electrons. The van der Waals surface area contributed by atoms with Crippen molar-refractivity contribution in [3.8, 4) is 0 Å². The maximum absolute atomic E-state index is 5.98. The highest BCUT2D eigenvalue weighted by Gasteiger charge is 2.56. The lowest BCUT2D eigenvalue weighted by Gasteiger charge is -2.55. The van der Waals surface area contributed by atoms with Gasteiger partial charge in [-0.25, -0.2) is 0 Å². The molecule has 2 aliphatic carbocycles. The minimum Gasteiger partial charge on any atom is -0.385 e. The van der Waals surface area contributed by atoms with Crippen molar-refractivity contribution in [2.24, 2.45) is 10.8 Å². The van der Waals surface area contributed by atoms with Crippen molar-refractivity contribution in [3.05, 3.63) is 0 Å². The number of rotatable bonds is 8. The molecular formula is C17H33NO2. The first kappa shape index (κ1) is 16.3. The number of ether oxygens (including phenoxy) is 2. The Hall–Kier alpha value is -0.120. The molecule has 0 heterocycles. The van der Waals surface area contributed by atoms with E-state index in [1.54, 1.807) is 7.11 Å². The van der Waals surface area contributed by atoms with E-state index in [0.717, 1.165) is 26.2 Å². The third kappa shape index (κ3) is 3.37. The molecule has 2 rings (SSSR count). The van der Waals surface area contributed by atoms with Gasteiger partial charge in [0.25, 0.3) is 0 Å². The van der Waals surface area contributed by atoms with Gasteiger partial charge >= 0.3 is 0 Å². The first-order valence-electron chi connectivity index (χ1n) is 8.38. The van der Waals surface area contributed by atoms with Gasteiger partial charge in [0.2, 0.25) is 0 Å². The Morgan fingerprint density at radius 1 is 1.25 bits per heavy atom. The maximum atomic E-state index is 5.98. The first-order chi connectivity index (χ1) is 9.54. The van der Waals surface area contributed by atoms with E-state index in [0.29, 0.717) is 23.0 Å². The molecule has 2 unspecified atom stereocenters. The third-order valence-corrected chi connectivity index (χ3v) is 5.50. The second-order valence-corrected chi connectivity index (χ2v) is 7.46. The van der Waals surface area contributed by atoms with Gasteiger partial charge in [0, 0.05) is 38.3 Å². The van der Waals surface area contributed by atoms with Crippen LogP contribution >= 0.6 is 0 Å². The second-order valence-electron chi connectivity index (χ2n) is 7.46. The normalized spacial score (nSPS) is 28.8. The molecule has 0 amide bonds. The fourth-order valence-corrected chi connectivity index (χ4v) is 4.04. The van der Waals surface area contributed by atoms with Crippen LogP contribution in [0.1, 0.15) is 59.3 Å². The number of methoxy groups -OCH3 is 1. The Morgan fingerprint density at radius 3 is 2.55 bits per heavy atom. The van der Waals surface area contributed by atoms with Crippen LogP contribution in [0.3, 0.4) is 0 Å². The third-order valence-electron chi connectivity index (χ3n) is 5.50. The largest absolute Gasteiger partial charge is 0.385 e. The minimum atomic E-state index is 0.312. The molecule has 0 saturated heterocycles. The summed E-state index contributed by atoms with van der Waals surface area (Å²) < 4.78 is 11.2. The Labute approximate surface area is 124 Å². The Morgan fingerprint density at radius 2 is 1.95 bits per heavy atom. The van der Waals surface area contributed by atoms with Crippen molar-refractivity contribution >= 4 is 0 Å². The topological polar surface area (TPSA) is 30.5 Å². The van der Waals surface area contributed by atoms with Crippen molar-refractivity contribution < 1.29 is 9.47 Å². The maximum Gasteiger partial charge on any atom is 0.0661 e. The monoisotopic (exact) mass is 283 g/mol. The van der Waals surface area contributed by atoms with Crippen LogP contribution in [0.25, 0.3) is 0 Å². The van der Waals surface area contributed by atoms with Gasteiger partial charge < -0.3 is 14.8 Å². The van der Waals surface area contributed by atoms with Gasteiger partial charge in [-0.1, -0.05) is 26.7 Å². The van der Waals surface area contributed by atoms with E-state index in [9.17, 15) is 0 Å². The molecule has 1 N–H and O–H groups in total. The van der Waals surface area contributed by atoms with E-state index < -0.39 is 0 Å². The van der Waals surface area contributed by atoms with Crippen LogP contribution in [0.2, 0.25) is 0 Å². The number of hydrogen-bond acceptors (Lipinski definition) is 3. The molecule has 0 aromatic carbocycles. The van der Waals surface area contributed by atoms with Crippen LogP contribution in [-0.4, -0.2) is 39.0 Å². The van der Waals surface area contributed by atoms with Crippen molar-refractivity contribution in [1.29, 1.82) is 0 Å². The van der Waals surface area contributed by atoms with Crippen molar-refractivity contribution in [2.75, 3.05) is 26.9 Å². The summed E-state index contributed by atoms with van der Waals surface area (Å²) >= 11 is 0. The zero-order valence-corrected chi connectivity index (χ0v) is 13.8. The molecule has 2 fully saturated rings. The van der Waals surface area contributed by atoms with Crippen molar-refractivity contribution in [2.45, 2.75) is 71.4 Å². The predicted octanol–water partition coefficient (Wildman–Crippen LogP) is 3.38. The van der Waals surface area contributed by atoms with Gasteiger partial charge in [-0.15, -0.1) is 0 Å². The van der Waals surface area contributed by atoms with E-state index >= 15 is 0 Å². The van der Waals surface area contributed by atoms with E-state index in [1.165, 1.54) is 32.1 Å². The van der Waals surface area contributed by atoms with Gasteiger partial charge in [-0.05, 0) is 38.0 Å². The van der Waals surface area contributed by atoms with Gasteiger partial charge in [-0.2, -0.15) is 0 Å². The molecule has 2 aliphatic rings. The standard InChI is InChI=1S/C17H33NO2/c1-5-20-15-12-14(17(15)8-6-7-9-17)18-13-16(2,3)10-11-19-4/h14-15,18H,5-13H2,1-4H3. The number of hydrogen-bond donors (Lipinski definition) is 1. The van der Waals surface area contributed by atoms with Crippen molar-refractivity contribution in [3.63, 3.8) is 0 Å². The summed E-state index contributed by atoms with van der Waals surface area (Å²) in [7, 11) is 1.79. The summed E-state index contributed by atoms with van der Waals surface area (Å²) in [4.78, 5) is 0. The van der Waals surface area contributed by atoms with Crippen molar-refractivity contribution in [1.82, 2.24) is 5.32 Å². The van der Waals surface area contributed by atoms with E-state index in [1.807, 2.05) is 0 Å². The molecule has 20 heavy (non-hydrogen) atoms. The Balaban J connectivity index is 1.84. The second kappa shape index (κ2) is 6.76. The average Bonchev–Trinajstić information content (AvgIpc) is 2.92. The molecule has 3 heteroatoms. The fraction of sp³-hybridized carbons (Fsp3) is 1.00. The molecule has 118 valence electrons. The lowest BCUT2D eigenvalue weighted by atomic mass is 9.60. The molecular weight excluding hydrogens is 250 g/mol. The predicted molar refractivity (Wildman–Crippen MR) is 83.0 cm³/mol. The average molecular weight is 283 g/mol. The van der Waals surface area contributed by atoms with Crippen LogP contribution in [-0.2, 0) is 9.47 Å². The highest BCUT2D eigenvalue weighted by atomic mass is 16.5. The molecule has 0 aliphatic heterocycles. The van der Waals surface area contributed by atoms with E-state index in [2.05, 4.69) is 26.1 Å². The van der Waals surface area contributed by atoms with Gasteiger partial charge in [0.15, 0.2) is 0 Å². The lowest BCUT2D eigenvalue weighted by molar-refractivity contribution is -0.131. The van der Waals surface area contributed by atoms with Crippen LogP contribution in [0.4, 0.5) is 0 Å². The van der Waals surface area contributed by atoms with Crippen LogP contribution in [0, 0.1) is 10.8 Å². The van der Waals surface area contributed by atoms with E-state index in [-0.39, 0.29) is 0 Å². The van der Waals surface area contributed by atoms with Gasteiger partial charge in [0.05, 0.1) is 6.10 Å². The molecule has 0 aromatic heterocycles. The highest BCUT2D eigenvalue weighted by Crippen LogP contribution is 2.54. The quantitative estimate of drug-likeness (QED) is 0.741.